The molecule has 2 atom stereocenters. The Hall–Kier alpha value is -0.470. The fraction of sp³-hybridized carbons (Fsp3) is 0.600. The lowest BCUT2D eigenvalue weighted by Crippen LogP contribution is -2.47. The van der Waals surface area contributed by atoms with Gasteiger partial charge in [0.25, 0.3) is 0 Å². The van der Waals surface area contributed by atoms with Crippen LogP contribution in [0.2, 0.25) is 0 Å². The van der Waals surface area contributed by atoms with E-state index in [0.717, 1.165) is 0 Å². The molecule has 1 fully saturated rings. The summed E-state index contributed by atoms with van der Waals surface area (Å²) in [7, 11) is 0. The maximum absolute atomic E-state index is 6.37. The van der Waals surface area contributed by atoms with Crippen molar-refractivity contribution >= 4 is 11.8 Å². The molecule has 1 saturated heterocycles. The van der Waals surface area contributed by atoms with Crippen LogP contribution in [0.5, 0.6) is 0 Å². The highest BCUT2D eigenvalue weighted by molar-refractivity contribution is 8.01. The predicted octanol–water partition coefficient (Wildman–Crippen LogP) is 4.48. The summed E-state index contributed by atoms with van der Waals surface area (Å²) < 4.78 is 6.58. The molecular weight excluding hydrogens is 228 g/mol. The SMILES string of the molecule is CC1(C)S[C@]2(C)O[C@@H](c3ccccc32)C1(C)C. The van der Waals surface area contributed by atoms with Crippen LogP contribution in [0, 0.1) is 5.41 Å². The molecular formula is C15H20OS. The summed E-state index contributed by atoms with van der Waals surface area (Å²) in [6.07, 6.45) is 0.222. The number of hydrogen-bond acceptors (Lipinski definition) is 2. The highest BCUT2D eigenvalue weighted by atomic mass is 32.2. The predicted molar refractivity (Wildman–Crippen MR) is 73.1 cm³/mol. The lowest BCUT2D eigenvalue weighted by molar-refractivity contribution is -0.0912. The lowest BCUT2D eigenvalue weighted by atomic mass is 9.73. The fourth-order valence-electron chi connectivity index (χ4n) is 3.04. The minimum Gasteiger partial charge on any atom is -0.352 e. The molecule has 0 amide bonds. The summed E-state index contributed by atoms with van der Waals surface area (Å²) in [6, 6.07) is 8.70. The monoisotopic (exact) mass is 248 g/mol. The van der Waals surface area contributed by atoms with Crippen molar-refractivity contribution in [2.75, 3.05) is 0 Å². The van der Waals surface area contributed by atoms with Crippen molar-refractivity contribution < 1.29 is 4.74 Å². The number of rotatable bonds is 0. The average Bonchev–Trinajstić information content (AvgIpc) is 2.49. The third kappa shape index (κ3) is 1.31. The summed E-state index contributed by atoms with van der Waals surface area (Å²) in [5.41, 5.74) is 2.90. The van der Waals surface area contributed by atoms with Gasteiger partial charge in [-0.15, -0.1) is 11.8 Å². The molecule has 0 N–H and O–H groups in total. The van der Waals surface area contributed by atoms with Crippen molar-refractivity contribution in [2.45, 2.75) is 50.4 Å². The smallest absolute Gasteiger partial charge is 0.138 e. The van der Waals surface area contributed by atoms with E-state index < -0.39 is 0 Å². The van der Waals surface area contributed by atoms with Crippen LogP contribution in [0.25, 0.3) is 0 Å². The third-order valence-electron chi connectivity index (χ3n) is 4.73. The van der Waals surface area contributed by atoms with E-state index >= 15 is 0 Å². The zero-order valence-corrected chi connectivity index (χ0v) is 12.0. The molecule has 0 aliphatic carbocycles. The zero-order valence-electron chi connectivity index (χ0n) is 11.2. The summed E-state index contributed by atoms with van der Waals surface area (Å²) in [4.78, 5) is -0.166. The first kappa shape index (κ1) is 11.6. The van der Waals surface area contributed by atoms with Crippen molar-refractivity contribution in [1.29, 1.82) is 0 Å². The van der Waals surface area contributed by atoms with Gasteiger partial charge >= 0.3 is 0 Å². The molecule has 0 spiro atoms. The van der Waals surface area contributed by atoms with E-state index in [1.807, 2.05) is 11.8 Å². The molecule has 2 aliphatic heterocycles. The van der Waals surface area contributed by atoms with E-state index in [4.69, 9.17) is 4.74 Å². The molecule has 2 heterocycles. The summed E-state index contributed by atoms with van der Waals surface area (Å²) in [5.74, 6) is 0. The normalized spacial score (nSPS) is 36.6. The molecule has 1 aromatic carbocycles. The minimum absolute atomic E-state index is 0.143. The third-order valence-corrected chi connectivity index (χ3v) is 6.47. The Morgan fingerprint density at radius 2 is 1.71 bits per heavy atom. The maximum Gasteiger partial charge on any atom is 0.138 e. The van der Waals surface area contributed by atoms with Gasteiger partial charge in [0.05, 0.1) is 6.10 Å². The molecule has 2 aliphatic rings. The van der Waals surface area contributed by atoms with Gasteiger partial charge in [-0.3, -0.25) is 0 Å². The maximum atomic E-state index is 6.37. The molecule has 92 valence electrons. The van der Waals surface area contributed by atoms with Gasteiger partial charge in [-0.05, 0) is 31.9 Å². The number of ether oxygens (including phenoxy) is 1. The summed E-state index contributed by atoms with van der Waals surface area (Å²) >= 11 is 1.96. The second kappa shape index (κ2) is 3.10. The molecule has 2 heteroatoms. The molecule has 1 nitrogen and oxygen atoms in total. The standard InChI is InChI=1S/C15H20OS/c1-13(2)12-10-8-6-7-9-11(10)15(5,16-12)17-14(13,3)4/h6-9,12H,1-5H3/t12-,15-/m0/s1. The van der Waals surface area contributed by atoms with Gasteiger partial charge in [-0.25, -0.2) is 0 Å². The fourth-order valence-corrected chi connectivity index (χ4v) is 4.82. The highest BCUT2D eigenvalue weighted by Crippen LogP contribution is 2.68. The van der Waals surface area contributed by atoms with Crippen LogP contribution in [0.3, 0.4) is 0 Å². The topological polar surface area (TPSA) is 9.23 Å². The molecule has 0 radical (unpaired) electrons. The van der Waals surface area contributed by atoms with Crippen LogP contribution in [-0.4, -0.2) is 4.75 Å². The van der Waals surface area contributed by atoms with Crippen molar-refractivity contribution in [2.24, 2.45) is 5.41 Å². The molecule has 3 rings (SSSR count). The van der Waals surface area contributed by atoms with E-state index in [-0.39, 0.29) is 21.2 Å². The Morgan fingerprint density at radius 1 is 1.06 bits per heavy atom. The molecule has 17 heavy (non-hydrogen) atoms. The Kier molecular flexibility index (Phi) is 2.12. The van der Waals surface area contributed by atoms with Gasteiger partial charge in [-0.2, -0.15) is 0 Å². The lowest BCUT2D eigenvalue weighted by Gasteiger charge is -2.52. The van der Waals surface area contributed by atoms with E-state index in [1.165, 1.54) is 11.1 Å². The van der Waals surface area contributed by atoms with Crippen molar-refractivity contribution in [3.63, 3.8) is 0 Å². The summed E-state index contributed by atoms with van der Waals surface area (Å²) in [6.45, 7) is 11.6. The first-order chi connectivity index (χ1) is 7.78. The van der Waals surface area contributed by atoms with Gasteiger partial charge in [0.1, 0.15) is 4.93 Å². The highest BCUT2D eigenvalue weighted by Gasteiger charge is 2.60. The Labute approximate surface area is 108 Å². The van der Waals surface area contributed by atoms with Crippen LogP contribution in [-0.2, 0) is 9.67 Å². The second-order valence-electron chi connectivity index (χ2n) is 6.36. The Morgan fingerprint density at radius 3 is 2.41 bits per heavy atom. The Bertz CT molecular complexity index is 478. The quantitative estimate of drug-likeness (QED) is 0.669. The van der Waals surface area contributed by atoms with E-state index in [1.54, 1.807) is 0 Å². The van der Waals surface area contributed by atoms with Crippen molar-refractivity contribution in [3.05, 3.63) is 35.4 Å². The van der Waals surface area contributed by atoms with Crippen LogP contribution in [0.1, 0.15) is 51.8 Å². The van der Waals surface area contributed by atoms with Gasteiger partial charge in [-0.1, -0.05) is 38.1 Å². The van der Waals surface area contributed by atoms with Gasteiger partial charge in [0.15, 0.2) is 0 Å². The van der Waals surface area contributed by atoms with Crippen LogP contribution >= 0.6 is 11.8 Å². The van der Waals surface area contributed by atoms with Gasteiger partial charge < -0.3 is 4.74 Å². The number of fused-ring (bicyclic) bond motifs is 5. The Balaban J connectivity index is 2.24. The first-order valence-electron chi connectivity index (χ1n) is 6.25. The number of benzene rings is 1. The molecule has 0 saturated carbocycles. The van der Waals surface area contributed by atoms with E-state index in [0.29, 0.717) is 0 Å². The van der Waals surface area contributed by atoms with E-state index in [2.05, 4.69) is 58.9 Å². The first-order valence-corrected chi connectivity index (χ1v) is 7.07. The number of thioether (sulfide) groups is 1. The molecule has 0 aromatic heterocycles. The molecule has 0 unspecified atom stereocenters. The molecule has 1 aromatic rings. The summed E-state index contributed by atoms with van der Waals surface area (Å²) in [5, 5.41) is 0. The van der Waals surface area contributed by atoms with Crippen molar-refractivity contribution in [3.8, 4) is 0 Å². The van der Waals surface area contributed by atoms with Gasteiger partial charge in [0.2, 0.25) is 0 Å². The minimum atomic E-state index is -0.166. The van der Waals surface area contributed by atoms with Crippen LogP contribution < -0.4 is 0 Å². The van der Waals surface area contributed by atoms with Crippen LogP contribution in [0.4, 0.5) is 0 Å². The second-order valence-corrected chi connectivity index (χ2v) is 8.37. The van der Waals surface area contributed by atoms with E-state index in [9.17, 15) is 0 Å². The zero-order chi connectivity index (χ0) is 12.5. The van der Waals surface area contributed by atoms with Crippen LogP contribution in [0.15, 0.2) is 24.3 Å². The van der Waals surface area contributed by atoms with Gasteiger partial charge in [0, 0.05) is 10.2 Å². The number of hydrogen-bond donors (Lipinski definition) is 0. The van der Waals surface area contributed by atoms with Crippen molar-refractivity contribution in [1.82, 2.24) is 0 Å². The molecule has 2 bridgehead atoms. The average molecular weight is 248 g/mol. The largest absolute Gasteiger partial charge is 0.352 e.